The van der Waals surface area contributed by atoms with Gasteiger partial charge in [0.05, 0.1) is 11.4 Å². The number of amides is 1. The maximum Gasteiger partial charge on any atom is 0.353 e. The SMILES string of the molecule is CN(C)c1ccccc1NC(=O)C1CC(C(=O)O)=NO1. The predicted molar refractivity (Wildman–Crippen MR) is 74.0 cm³/mol. The summed E-state index contributed by atoms with van der Waals surface area (Å²) >= 11 is 0. The van der Waals surface area contributed by atoms with Gasteiger partial charge in [0.1, 0.15) is 0 Å². The van der Waals surface area contributed by atoms with Gasteiger partial charge in [0.2, 0.25) is 6.10 Å². The van der Waals surface area contributed by atoms with E-state index < -0.39 is 18.0 Å². The number of para-hydroxylation sites is 2. The molecule has 0 bridgehead atoms. The van der Waals surface area contributed by atoms with E-state index in [2.05, 4.69) is 10.5 Å². The molecule has 1 aliphatic rings. The fraction of sp³-hybridized carbons (Fsp3) is 0.308. The average Bonchev–Trinajstić information content (AvgIpc) is 2.89. The van der Waals surface area contributed by atoms with Crippen molar-refractivity contribution >= 4 is 29.0 Å². The van der Waals surface area contributed by atoms with Crippen LogP contribution in [0, 0.1) is 0 Å². The Hall–Kier alpha value is -2.57. The molecule has 0 radical (unpaired) electrons. The van der Waals surface area contributed by atoms with Crippen LogP contribution in [0.5, 0.6) is 0 Å². The molecule has 7 heteroatoms. The smallest absolute Gasteiger partial charge is 0.353 e. The number of aliphatic carboxylic acids is 1. The van der Waals surface area contributed by atoms with E-state index in [-0.39, 0.29) is 12.1 Å². The molecule has 1 aliphatic heterocycles. The molecule has 1 heterocycles. The van der Waals surface area contributed by atoms with Crippen LogP contribution >= 0.6 is 0 Å². The zero-order chi connectivity index (χ0) is 14.7. The lowest BCUT2D eigenvalue weighted by molar-refractivity contribution is -0.129. The molecule has 0 aliphatic carbocycles. The molecule has 20 heavy (non-hydrogen) atoms. The molecule has 2 rings (SSSR count). The predicted octanol–water partition coefficient (Wildman–Crippen LogP) is 0.921. The van der Waals surface area contributed by atoms with Gasteiger partial charge in [-0.1, -0.05) is 17.3 Å². The lowest BCUT2D eigenvalue weighted by Gasteiger charge is -2.18. The number of hydrogen-bond acceptors (Lipinski definition) is 5. The fourth-order valence-corrected chi connectivity index (χ4v) is 1.83. The Morgan fingerprint density at radius 1 is 1.40 bits per heavy atom. The number of anilines is 2. The number of carboxylic acids is 1. The van der Waals surface area contributed by atoms with Crippen LogP contribution in [-0.4, -0.2) is 42.9 Å². The summed E-state index contributed by atoms with van der Waals surface area (Å²) in [6.07, 6.45) is -0.943. The summed E-state index contributed by atoms with van der Waals surface area (Å²) < 4.78 is 0. The van der Waals surface area contributed by atoms with Gasteiger partial charge in [-0.2, -0.15) is 0 Å². The van der Waals surface area contributed by atoms with Crippen LogP contribution < -0.4 is 10.2 Å². The van der Waals surface area contributed by atoms with Crippen molar-refractivity contribution in [3.05, 3.63) is 24.3 Å². The molecular weight excluding hydrogens is 262 g/mol. The van der Waals surface area contributed by atoms with Crippen LogP contribution in [0.15, 0.2) is 29.4 Å². The summed E-state index contributed by atoms with van der Waals surface area (Å²) in [6.45, 7) is 0. The summed E-state index contributed by atoms with van der Waals surface area (Å²) in [6, 6.07) is 7.30. The second-order valence-corrected chi connectivity index (χ2v) is 4.54. The topological polar surface area (TPSA) is 91.2 Å². The fourth-order valence-electron chi connectivity index (χ4n) is 1.83. The summed E-state index contributed by atoms with van der Waals surface area (Å²) in [7, 11) is 3.73. The Kier molecular flexibility index (Phi) is 3.88. The molecule has 1 aromatic carbocycles. The van der Waals surface area contributed by atoms with E-state index in [1.54, 1.807) is 12.1 Å². The molecule has 0 spiro atoms. The van der Waals surface area contributed by atoms with Crippen molar-refractivity contribution in [3.8, 4) is 0 Å². The molecule has 2 N–H and O–H groups in total. The van der Waals surface area contributed by atoms with E-state index in [0.717, 1.165) is 5.69 Å². The van der Waals surface area contributed by atoms with Crippen molar-refractivity contribution in [1.29, 1.82) is 0 Å². The standard InChI is InChI=1S/C13H15N3O4/c1-16(2)10-6-4-3-5-8(10)14-12(17)11-7-9(13(18)19)15-20-11/h3-6,11H,7H2,1-2H3,(H,14,17)(H,18,19). The highest BCUT2D eigenvalue weighted by Gasteiger charge is 2.31. The zero-order valence-electron chi connectivity index (χ0n) is 11.2. The Balaban J connectivity index is 2.05. The number of nitrogens with zero attached hydrogens (tertiary/aromatic N) is 2. The van der Waals surface area contributed by atoms with Gasteiger partial charge in [-0.15, -0.1) is 0 Å². The van der Waals surface area contributed by atoms with E-state index in [4.69, 9.17) is 9.94 Å². The van der Waals surface area contributed by atoms with Crippen LogP contribution in [0.25, 0.3) is 0 Å². The second-order valence-electron chi connectivity index (χ2n) is 4.54. The van der Waals surface area contributed by atoms with Gasteiger partial charge in [-0.3, -0.25) is 4.79 Å². The van der Waals surface area contributed by atoms with Crippen LogP contribution in [0.3, 0.4) is 0 Å². The first-order chi connectivity index (χ1) is 9.49. The monoisotopic (exact) mass is 277 g/mol. The minimum atomic E-state index is -1.17. The van der Waals surface area contributed by atoms with Crippen LogP contribution in [0.1, 0.15) is 6.42 Å². The molecule has 1 unspecified atom stereocenters. The Morgan fingerprint density at radius 2 is 2.10 bits per heavy atom. The highest BCUT2D eigenvalue weighted by atomic mass is 16.6. The number of benzene rings is 1. The van der Waals surface area contributed by atoms with Crippen molar-refractivity contribution in [2.45, 2.75) is 12.5 Å². The van der Waals surface area contributed by atoms with Crippen molar-refractivity contribution in [2.75, 3.05) is 24.3 Å². The van der Waals surface area contributed by atoms with Crippen LogP contribution in [0.2, 0.25) is 0 Å². The van der Waals surface area contributed by atoms with Gasteiger partial charge in [-0.05, 0) is 12.1 Å². The van der Waals surface area contributed by atoms with Gasteiger partial charge in [-0.25, -0.2) is 4.79 Å². The molecule has 0 fully saturated rings. The lowest BCUT2D eigenvalue weighted by Crippen LogP contribution is -2.29. The number of carbonyl (C=O) groups excluding carboxylic acids is 1. The zero-order valence-corrected chi connectivity index (χ0v) is 11.2. The van der Waals surface area contributed by atoms with Crippen molar-refractivity contribution in [1.82, 2.24) is 0 Å². The largest absolute Gasteiger partial charge is 0.477 e. The first-order valence-electron chi connectivity index (χ1n) is 6.02. The van der Waals surface area contributed by atoms with Gasteiger partial charge in [0, 0.05) is 20.5 Å². The van der Waals surface area contributed by atoms with Crippen LogP contribution in [-0.2, 0) is 14.4 Å². The van der Waals surface area contributed by atoms with E-state index in [9.17, 15) is 9.59 Å². The Labute approximate surface area is 115 Å². The summed E-state index contributed by atoms with van der Waals surface area (Å²) in [5.74, 6) is -1.59. The summed E-state index contributed by atoms with van der Waals surface area (Å²) in [5, 5.41) is 14.9. The normalized spacial score (nSPS) is 17.1. The number of hydrogen-bond donors (Lipinski definition) is 2. The molecule has 0 saturated heterocycles. The van der Waals surface area contributed by atoms with E-state index in [0.29, 0.717) is 5.69 Å². The summed E-state index contributed by atoms with van der Waals surface area (Å²) in [4.78, 5) is 29.5. The minimum Gasteiger partial charge on any atom is -0.477 e. The Bertz CT molecular complexity index is 568. The first kappa shape index (κ1) is 13.9. The van der Waals surface area contributed by atoms with Crippen molar-refractivity contribution in [3.63, 3.8) is 0 Å². The highest BCUT2D eigenvalue weighted by Crippen LogP contribution is 2.24. The molecule has 0 aromatic heterocycles. The number of carbonyl (C=O) groups is 2. The van der Waals surface area contributed by atoms with E-state index in [1.165, 1.54) is 0 Å². The van der Waals surface area contributed by atoms with Gasteiger partial charge < -0.3 is 20.2 Å². The molecule has 7 nitrogen and oxygen atoms in total. The van der Waals surface area contributed by atoms with E-state index >= 15 is 0 Å². The third-order valence-electron chi connectivity index (χ3n) is 2.85. The number of oxime groups is 1. The van der Waals surface area contributed by atoms with Gasteiger partial charge in [0.25, 0.3) is 5.91 Å². The lowest BCUT2D eigenvalue weighted by atomic mass is 10.1. The summed E-state index contributed by atoms with van der Waals surface area (Å²) in [5.41, 5.74) is 1.33. The van der Waals surface area contributed by atoms with Crippen molar-refractivity contribution < 1.29 is 19.5 Å². The van der Waals surface area contributed by atoms with E-state index in [1.807, 2.05) is 31.1 Å². The maximum atomic E-state index is 12.0. The second kappa shape index (κ2) is 5.60. The third kappa shape index (κ3) is 2.87. The number of nitrogens with one attached hydrogen (secondary N) is 1. The minimum absolute atomic E-state index is 0.0364. The Morgan fingerprint density at radius 3 is 2.70 bits per heavy atom. The van der Waals surface area contributed by atoms with Crippen LogP contribution in [0.4, 0.5) is 11.4 Å². The molecule has 1 amide bonds. The average molecular weight is 277 g/mol. The highest BCUT2D eigenvalue weighted by molar-refractivity contribution is 6.36. The number of carboxylic acid groups (broad SMARTS) is 1. The van der Waals surface area contributed by atoms with Gasteiger partial charge >= 0.3 is 5.97 Å². The molecule has 0 saturated carbocycles. The molecule has 1 aromatic rings. The third-order valence-corrected chi connectivity index (χ3v) is 2.85. The van der Waals surface area contributed by atoms with Crippen molar-refractivity contribution in [2.24, 2.45) is 5.16 Å². The maximum absolute atomic E-state index is 12.0. The van der Waals surface area contributed by atoms with Gasteiger partial charge in [0.15, 0.2) is 5.71 Å². The molecule has 106 valence electrons. The number of rotatable bonds is 4. The quantitative estimate of drug-likeness (QED) is 0.854. The molecular formula is C13H15N3O4. The molecule has 1 atom stereocenters. The first-order valence-corrected chi connectivity index (χ1v) is 6.02.